The van der Waals surface area contributed by atoms with E-state index in [0.29, 0.717) is 0 Å². The summed E-state index contributed by atoms with van der Waals surface area (Å²) in [5, 5.41) is 6.94. The fourth-order valence-electron chi connectivity index (χ4n) is 2.61. The first-order valence-corrected chi connectivity index (χ1v) is 7.32. The maximum atomic E-state index is 4.30. The largest absolute Gasteiger partial charge is 0.422 e. The third-order valence-electron chi connectivity index (χ3n) is 3.66. The van der Waals surface area contributed by atoms with Crippen LogP contribution >= 0.6 is 0 Å². The van der Waals surface area contributed by atoms with Crippen molar-refractivity contribution in [3.05, 3.63) is 60.2 Å². The van der Waals surface area contributed by atoms with Crippen molar-refractivity contribution < 1.29 is 4.57 Å². The predicted octanol–water partition coefficient (Wildman–Crippen LogP) is 2.87. The molecule has 0 atom stereocenters. The van der Waals surface area contributed by atoms with Gasteiger partial charge in [0.15, 0.2) is 0 Å². The molecule has 0 saturated heterocycles. The third-order valence-corrected chi connectivity index (χ3v) is 3.66. The van der Waals surface area contributed by atoms with Crippen LogP contribution in [0.25, 0.3) is 17.1 Å². The molecular weight excluding hydrogens is 260 g/mol. The topological polar surface area (TPSA) is 45.5 Å². The number of nitrogens with one attached hydrogen (secondary N) is 1. The van der Waals surface area contributed by atoms with Crippen molar-refractivity contribution in [1.29, 1.82) is 0 Å². The monoisotopic (exact) mass is 279 g/mol. The van der Waals surface area contributed by atoms with Gasteiger partial charge in [-0.25, -0.2) is 4.57 Å². The molecule has 0 aliphatic heterocycles. The van der Waals surface area contributed by atoms with Gasteiger partial charge < -0.3 is 0 Å². The quantitative estimate of drug-likeness (QED) is 0.746. The molecule has 0 aliphatic carbocycles. The minimum Gasteiger partial charge on any atom is -0.202 e. The molecule has 0 spiro atoms. The molecule has 1 N–H and O–H groups in total. The first-order valence-electron chi connectivity index (χ1n) is 7.32. The van der Waals surface area contributed by atoms with Crippen molar-refractivity contribution >= 4 is 0 Å². The fraction of sp³-hybridized carbons (Fsp3) is 0.235. The smallest absolute Gasteiger partial charge is 0.202 e. The van der Waals surface area contributed by atoms with Gasteiger partial charge in [-0.2, -0.15) is 5.10 Å². The van der Waals surface area contributed by atoms with Crippen molar-refractivity contribution in [2.45, 2.75) is 26.7 Å². The summed E-state index contributed by atoms with van der Waals surface area (Å²) in [6, 6.07) is 14.9. The van der Waals surface area contributed by atoms with Gasteiger partial charge in [0, 0.05) is 0 Å². The van der Waals surface area contributed by atoms with Crippen LogP contribution in [0.4, 0.5) is 0 Å². The number of rotatable bonds is 4. The minimum absolute atomic E-state index is 0.781. The Morgan fingerprint density at radius 3 is 2.14 bits per heavy atom. The number of aryl methyl sites for hydroxylation is 2. The molecule has 0 aliphatic rings. The molecular formula is C17H19N4+. The average molecular weight is 279 g/mol. The zero-order chi connectivity index (χ0) is 14.7. The summed E-state index contributed by atoms with van der Waals surface area (Å²) in [6.07, 6.45) is 3.43. The standard InChI is InChI=1S/C17H19N4/c1-3-15-10-14(13-8-6-5-7-9-13)11-16(4-2)21(15)17-18-12-19-20-17/h5-12H,3-4H2,1-2H3,(H,18,19,20)/q+1. The molecule has 0 amide bonds. The van der Waals surface area contributed by atoms with Crippen LogP contribution in [0.5, 0.6) is 0 Å². The van der Waals surface area contributed by atoms with Gasteiger partial charge in [-0.15, -0.1) is 0 Å². The van der Waals surface area contributed by atoms with Crippen molar-refractivity contribution in [3.63, 3.8) is 0 Å². The number of aromatic nitrogens is 4. The SMILES string of the molecule is CCc1cc(-c2ccccc2)cc(CC)[n+]1-c1ncn[nH]1. The van der Waals surface area contributed by atoms with Gasteiger partial charge in [-0.3, -0.25) is 0 Å². The maximum Gasteiger partial charge on any atom is 0.422 e. The summed E-state index contributed by atoms with van der Waals surface area (Å²) in [4.78, 5) is 4.30. The van der Waals surface area contributed by atoms with Crippen LogP contribution in [-0.2, 0) is 12.8 Å². The lowest BCUT2D eigenvalue weighted by molar-refractivity contribution is -0.620. The zero-order valence-electron chi connectivity index (χ0n) is 12.4. The number of benzene rings is 1. The summed E-state index contributed by atoms with van der Waals surface area (Å²) in [7, 11) is 0. The van der Waals surface area contributed by atoms with E-state index in [9.17, 15) is 0 Å². The van der Waals surface area contributed by atoms with Crippen LogP contribution in [0.2, 0.25) is 0 Å². The number of hydrogen-bond donors (Lipinski definition) is 1. The molecule has 1 aromatic carbocycles. The zero-order valence-corrected chi connectivity index (χ0v) is 12.4. The van der Waals surface area contributed by atoms with E-state index in [-0.39, 0.29) is 0 Å². The van der Waals surface area contributed by atoms with Gasteiger partial charge in [0.1, 0.15) is 0 Å². The molecule has 0 unspecified atom stereocenters. The molecule has 3 rings (SSSR count). The van der Waals surface area contributed by atoms with Crippen molar-refractivity contribution in [2.75, 3.05) is 0 Å². The van der Waals surface area contributed by atoms with E-state index in [2.05, 4.69) is 70.0 Å². The maximum absolute atomic E-state index is 4.30. The highest BCUT2D eigenvalue weighted by atomic mass is 15.3. The van der Waals surface area contributed by atoms with Gasteiger partial charge in [-0.05, 0) is 36.1 Å². The van der Waals surface area contributed by atoms with E-state index in [4.69, 9.17) is 0 Å². The molecule has 2 heterocycles. The van der Waals surface area contributed by atoms with Crippen LogP contribution in [0.15, 0.2) is 48.8 Å². The number of H-pyrrole nitrogens is 1. The molecule has 0 saturated carbocycles. The summed E-state index contributed by atoms with van der Waals surface area (Å²) < 4.78 is 2.17. The van der Waals surface area contributed by atoms with Crippen LogP contribution in [0.3, 0.4) is 0 Å². The van der Waals surface area contributed by atoms with Crippen molar-refractivity contribution in [2.24, 2.45) is 0 Å². The average Bonchev–Trinajstić information content (AvgIpc) is 3.08. The van der Waals surface area contributed by atoms with E-state index in [1.165, 1.54) is 22.5 Å². The predicted molar refractivity (Wildman–Crippen MR) is 82.1 cm³/mol. The summed E-state index contributed by atoms with van der Waals surface area (Å²) in [5.41, 5.74) is 4.95. The highest BCUT2D eigenvalue weighted by molar-refractivity contribution is 5.63. The van der Waals surface area contributed by atoms with Crippen molar-refractivity contribution in [1.82, 2.24) is 15.2 Å². The molecule has 2 aromatic heterocycles. The lowest BCUT2D eigenvalue weighted by atomic mass is 10.0. The van der Waals surface area contributed by atoms with Gasteiger partial charge in [-0.1, -0.05) is 54.3 Å². The number of aromatic amines is 1. The van der Waals surface area contributed by atoms with E-state index in [1.54, 1.807) is 6.33 Å². The van der Waals surface area contributed by atoms with Crippen LogP contribution in [0.1, 0.15) is 25.2 Å². The Morgan fingerprint density at radius 2 is 1.62 bits per heavy atom. The highest BCUT2D eigenvalue weighted by Crippen LogP contribution is 2.21. The van der Waals surface area contributed by atoms with E-state index in [1.807, 2.05) is 6.07 Å². The Labute approximate surface area is 124 Å². The number of hydrogen-bond acceptors (Lipinski definition) is 2. The molecule has 106 valence electrons. The van der Waals surface area contributed by atoms with Gasteiger partial charge in [0.2, 0.25) is 6.33 Å². The first kappa shape index (κ1) is 13.5. The molecule has 0 bridgehead atoms. The minimum atomic E-state index is 0.781. The molecule has 0 radical (unpaired) electrons. The summed E-state index contributed by atoms with van der Waals surface area (Å²) >= 11 is 0. The Kier molecular flexibility index (Phi) is 3.77. The fourth-order valence-corrected chi connectivity index (χ4v) is 2.61. The first-order chi connectivity index (χ1) is 10.3. The Morgan fingerprint density at radius 1 is 0.952 bits per heavy atom. The van der Waals surface area contributed by atoms with Crippen LogP contribution in [-0.4, -0.2) is 15.2 Å². The van der Waals surface area contributed by atoms with Gasteiger partial charge >= 0.3 is 5.95 Å². The highest BCUT2D eigenvalue weighted by Gasteiger charge is 2.18. The number of nitrogens with zero attached hydrogens (tertiary/aromatic N) is 3. The molecule has 4 nitrogen and oxygen atoms in total. The van der Waals surface area contributed by atoms with Crippen LogP contribution < -0.4 is 4.57 Å². The third kappa shape index (κ3) is 2.57. The molecule has 21 heavy (non-hydrogen) atoms. The Balaban J connectivity index is 2.20. The molecule has 4 heteroatoms. The van der Waals surface area contributed by atoms with Gasteiger partial charge in [0.25, 0.3) is 0 Å². The summed E-state index contributed by atoms with van der Waals surface area (Å²) in [6.45, 7) is 4.33. The Bertz CT molecular complexity index is 693. The summed E-state index contributed by atoms with van der Waals surface area (Å²) in [5.74, 6) is 0.781. The normalized spacial score (nSPS) is 10.8. The molecule has 3 aromatic rings. The lowest BCUT2D eigenvalue weighted by Crippen LogP contribution is -2.41. The van der Waals surface area contributed by atoms with E-state index < -0.39 is 0 Å². The second-order valence-corrected chi connectivity index (χ2v) is 4.94. The second-order valence-electron chi connectivity index (χ2n) is 4.94. The lowest BCUT2D eigenvalue weighted by Gasteiger charge is -2.12. The molecule has 0 fully saturated rings. The van der Waals surface area contributed by atoms with Crippen LogP contribution in [0, 0.1) is 0 Å². The number of pyridine rings is 1. The van der Waals surface area contributed by atoms with Gasteiger partial charge in [0.05, 0.1) is 11.4 Å². The van der Waals surface area contributed by atoms with E-state index >= 15 is 0 Å². The van der Waals surface area contributed by atoms with E-state index in [0.717, 1.165) is 18.8 Å². The van der Waals surface area contributed by atoms with Crippen molar-refractivity contribution in [3.8, 4) is 17.1 Å². The second kappa shape index (κ2) is 5.87. The Hall–Kier alpha value is -2.49.